The first-order chi connectivity index (χ1) is 9.15. The molecule has 1 aliphatic rings. The summed E-state index contributed by atoms with van der Waals surface area (Å²) in [4.78, 5) is 14.1. The molecular formula is C14H24N4O. The van der Waals surface area contributed by atoms with Gasteiger partial charge < -0.3 is 10.2 Å². The molecule has 1 aromatic rings. The fourth-order valence-electron chi connectivity index (χ4n) is 2.54. The minimum atomic E-state index is 0.221. The molecule has 1 fully saturated rings. The Kier molecular flexibility index (Phi) is 4.96. The standard InChI is InChI=1S/C14H24N4O/c1-12-5-3-7-17(10-12)14(19)9-15-13(2)11-18-8-4-6-16-18/h4,6,8,12-13,15H,3,5,7,9-11H2,1-2H3/t12-,13+/m1/s1. The monoisotopic (exact) mass is 264 g/mol. The van der Waals surface area contributed by atoms with Crippen molar-refractivity contribution in [2.24, 2.45) is 5.92 Å². The SMILES string of the molecule is C[C@@H]1CCCN(C(=O)CN[C@@H](C)Cn2cccn2)C1. The van der Waals surface area contributed by atoms with Gasteiger partial charge in [0.25, 0.3) is 0 Å². The van der Waals surface area contributed by atoms with Gasteiger partial charge >= 0.3 is 0 Å². The number of nitrogens with one attached hydrogen (secondary N) is 1. The number of hydrogen-bond donors (Lipinski definition) is 1. The van der Waals surface area contributed by atoms with Crippen LogP contribution in [-0.2, 0) is 11.3 Å². The lowest BCUT2D eigenvalue weighted by Gasteiger charge is -2.31. The molecule has 2 heterocycles. The van der Waals surface area contributed by atoms with Crippen molar-refractivity contribution in [3.05, 3.63) is 18.5 Å². The molecule has 1 N–H and O–H groups in total. The van der Waals surface area contributed by atoms with Gasteiger partial charge in [0.2, 0.25) is 5.91 Å². The Bertz CT molecular complexity index is 390. The molecule has 0 bridgehead atoms. The van der Waals surface area contributed by atoms with Crippen LogP contribution in [-0.4, -0.2) is 46.3 Å². The van der Waals surface area contributed by atoms with Gasteiger partial charge in [-0.05, 0) is 31.7 Å². The van der Waals surface area contributed by atoms with E-state index in [0.29, 0.717) is 12.5 Å². The van der Waals surface area contributed by atoms with Crippen LogP contribution in [0.3, 0.4) is 0 Å². The topological polar surface area (TPSA) is 50.2 Å². The maximum atomic E-state index is 12.1. The van der Waals surface area contributed by atoms with Crippen LogP contribution in [0.5, 0.6) is 0 Å². The highest BCUT2D eigenvalue weighted by atomic mass is 16.2. The lowest BCUT2D eigenvalue weighted by Crippen LogP contribution is -2.45. The average molecular weight is 264 g/mol. The minimum Gasteiger partial charge on any atom is -0.341 e. The van der Waals surface area contributed by atoms with Crippen LogP contribution in [0.2, 0.25) is 0 Å². The zero-order valence-corrected chi connectivity index (χ0v) is 11.9. The molecule has 0 unspecified atom stereocenters. The van der Waals surface area contributed by atoms with Crippen molar-refractivity contribution >= 4 is 5.91 Å². The summed E-state index contributed by atoms with van der Waals surface area (Å²) >= 11 is 0. The fourth-order valence-corrected chi connectivity index (χ4v) is 2.54. The number of carbonyl (C=O) groups excluding carboxylic acids is 1. The fraction of sp³-hybridized carbons (Fsp3) is 0.714. The first-order valence-electron chi connectivity index (χ1n) is 7.13. The van der Waals surface area contributed by atoms with Gasteiger partial charge in [0.15, 0.2) is 0 Å². The molecule has 1 amide bonds. The van der Waals surface area contributed by atoms with E-state index in [1.165, 1.54) is 6.42 Å². The summed E-state index contributed by atoms with van der Waals surface area (Å²) in [5, 5.41) is 7.45. The van der Waals surface area contributed by atoms with Crippen molar-refractivity contribution in [1.29, 1.82) is 0 Å². The van der Waals surface area contributed by atoms with Gasteiger partial charge in [-0.15, -0.1) is 0 Å². The van der Waals surface area contributed by atoms with Gasteiger partial charge in [-0.1, -0.05) is 6.92 Å². The Morgan fingerprint density at radius 1 is 1.58 bits per heavy atom. The molecule has 0 aliphatic carbocycles. The zero-order chi connectivity index (χ0) is 13.7. The first-order valence-corrected chi connectivity index (χ1v) is 7.13. The van der Waals surface area contributed by atoms with Gasteiger partial charge in [0, 0.05) is 31.5 Å². The number of nitrogens with zero attached hydrogens (tertiary/aromatic N) is 3. The molecular weight excluding hydrogens is 240 g/mol. The van der Waals surface area contributed by atoms with Crippen molar-refractivity contribution in [1.82, 2.24) is 20.0 Å². The number of hydrogen-bond acceptors (Lipinski definition) is 3. The van der Waals surface area contributed by atoms with Crippen LogP contribution in [0.25, 0.3) is 0 Å². The Morgan fingerprint density at radius 3 is 3.11 bits per heavy atom. The lowest BCUT2D eigenvalue weighted by molar-refractivity contribution is -0.132. The molecule has 19 heavy (non-hydrogen) atoms. The molecule has 2 atom stereocenters. The minimum absolute atomic E-state index is 0.221. The molecule has 1 aliphatic heterocycles. The summed E-state index contributed by atoms with van der Waals surface area (Å²) in [6.07, 6.45) is 6.09. The van der Waals surface area contributed by atoms with Gasteiger partial charge in [-0.25, -0.2) is 0 Å². The van der Waals surface area contributed by atoms with Crippen LogP contribution < -0.4 is 5.32 Å². The second kappa shape index (κ2) is 6.70. The molecule has 1 saturated heterocycles. The Balaban J connectivity index is 1.70. The van der Waals surface area contributed by atoms with E-state index in [1.807, 2.05) is 21.8 Å². The quantitative estimate of drug-likeness (QED) is 0.867. The normalized spacial score (nSPS) is 21.4. The van der Waals surface area contributed by atoms with Gasteiger partial charge in [-0.3, -0.25) is 9.48 Å². The van der Waals surface area contributed by atoms with Crippen molar-refractivity contribution < 1.29 is 4.79 Å². The Labute approximate surface area is 115 Å². The third kappa shape index (κ3) is 4.35. The van der Waals surface area contributed by atoms with Gasteiger partial charge in [0.1, 0.15) is 0 Å². The van der Waals surface area contributed by atoms with Crippen LogP contribution in [0.15, 0.2) is 18.5 Å². The average Bonchev–Trinajstić information content (AvgIpc) is 2.88. The molecule has 0 aromatic carbocycles. The highest BCUT2D eigenvalue weighted by Gasteiger charge is 2.20. The third-order valence-electron chi connectivity index (χ3n) is 3.63. The number of rotatable bonds is 5. The second-order valence-electron chi connectivity index (χ2n) is 5.60. The summed E-state index contributed by atoms with van der Waals surface area (Å²) in [6.45, 7) is 7.33. The number of carbonyl (C=O) groups is 1. The molecule has 0 radical (unpaired) electrons. The van der Waals surface area contributed by atoms with E-state index in [2.05, 4.69) is 24.3 Å². The summed E-state index contributed by atoms with van der Waals surface area (Å²) in [5.74, 6) is 0.859. The number of piperidine rings is 1. The maximum absolute atomic E-state index is 12.1. The molecule has 1 aromatic heterocycles. The van der Waals surface area contributed by atoms with Crippen LogP contribution in [0.1, 0.15) is 26.7 Å². The van der Waals surface area contributed by atoms with Crippen molar-refractivity contribution in [2.45, 2.75) is 39.3 Å². The van der Waals surface area contributed by atoms with Gasteiger partial charge in [-0.2, -0.15) is 5.10 Å². The number of likely N-dealkylation sites (tertiary alicyclic amines) is 1. The van der Waals surface area contributed by atoms with Crippen molar-refractivity contribution in [3.63, 3.8) is 0 Å². The number of aromatic nitrogens is 2. The third-order valence-corrected chi connectivity index (χ3v) is 3.63. The molecule has 0 saturated carbocycles. The Hall–Kier alpha value is -1.36. The van der Waals surface area contributed by atoms with E-state index in [-0.39, 0.29) is 11.9 Å². The van der Waals surface area contributed by atoms with E-state index >= 15 is 0 Å². The Morgan fingerprint density at radius 2 is 2.42 bits per heavy atom. The molecule has 5 nitrogen and oxygen atoms in total. The summed E-state index contributed by atoms with van der Waals surface area (Å²) in [5.41, 5.74) is 0. The van der Waals surface area contributed by atoms with Crippen LogP contribution in [0.4, 0.5) is 0 Å². The second-order valence-corrected chi connectivity index (χ2v) is 5.60. The van der Waals surface area contributed by atoms with Crippen molar-refractivity contribution in [2.75, 3.05) is 19.6 Å². The summed E-state index contributed by atoms with van der Waals surface area (Å²) in [6, 6.07) is 2.15. The van der Waals surface area contributed by atoms with E-state index in [0.717, 1.165) is 26.1 Å². The lowest BCUT2D eigenvalue weighted by atomic mass is 10.0. The summed E-state index contributed by atoms with van der Waals surface area (Å²) in [7, 11) is 0. The van der Waals surface area contributed by atoms with E-state index in [1.54, 1.807) is 6.20 Å². The maximum Gasteiger partial charge on any atom is 0.236 e. The van der Waals surface area contributed by atoms with Crippen LogP contribution in [0, 0.1) is 5.92 Å². The van der Waals surface area contributed by atoms with Crippen molar-refractivity contribution in [3.8, 4) is 0 Å². The smallest absolute Gasteiger partial charge is 0.236 e. The molecule has 0 spiro atoms. The highest BCUT2D eigenvalue weighted by molar-refractivity contribution is 5.78. The highest BCUT2D eigenvalue weighted by Crippen LogP contribution is 2.15. The van der Waals surface area contributed by atoms with E-state index in [9.17, 15) is 4.79 Å². The van der Waals surface area contributed by atoms with E-state index < -0.39 is 0 Å². The van der Waals surface area contributed by atoms with Gasteiger partial charge in [0.05, 0.1) is 13.1 Å². The predicted octanol–water partition coefficient (Wildman–Crippen LogP) is 1.12. The molecule has 5 heteroatoms. The first kappa shape index (κ1) is 14.1. The number of amides is 1. The molecule has 2 rings (SSSR count). The van der Waals surface area contributed by atoms with E-state index in [4.69, 9.17) is 0 Å². The predicted molar refractivity (Wildman–Crippen MR) is 74.7 cm³/mol. The summed E-state index contributed by atoms with van der Waals surface area (Å²) < 4.78 is 1.88. The molecule has 106 valence electrons. The zero-order valence-electron chi connectivity index (χ0n) is 11.9. The van der Waals surface area contributed by atoms with Crippen LogP contribution >= 0.6 is 0 Å². The largest absolute Gasteiger partial charge is 0.341 e.